The molecule has 0 fully saturated rings. The Kier molecular flexibility index (Phi) is 4.09. The van der Waals surface area contributed by atoms with Gasteiger partial charge in [0.2, 0.25) is 6.08 Å². The highest BCUT2D eigenvalue weighted by atomic mass is 35.5. The molecule has 9 heteroatoms. The number of halogens is 1. The van der Waals surface area contributed by atoms with E-state index in [1.54, 1.807) is 0 Å². The minimum absolute atomic E-state index is 0.000834. The number of carbonyl (C=O) groups excluding carboxylic acids is 1. The topological polar surface area (TPSA) is 101 Å². The van der Waals surface area contributed by atoms with Crippen molar-refractivity contribution in [1.29, 1.82) is 0 Å². The van der Waals surface area contributed by atoms with E-state index in [0.29, 0.717) is 5.69 Å². The molecule has 0 amide bonds. The van der Waals surface area contributed by atoms with Crippen molar-refractivity contribution in [2.24, 2.45) is 4.99 Å². The van der Waals surface area contributed by atoms with Gasteiger partial charge < -0.3 is 0 Å². The average Bonchev–Trinajstić information content (AvgIpc) is 2.42. The number of rotatable bonds is 4. The van der Waals surface area contributed by atoms with Crippen LogP contribution in [0.25, 0.3) is 0 Å². The van der Waals surface area contributed by atoms with E-state index < -0.39 is 10.0 Å². The molecule has 1 N–H and O–H groups in total. The van der Waals surface area contributed by atoms with Gasteiger partial charge in [-0.05, 0) is 36.4 Å². The maximum atomic E-state index is 12.0. The number of hydrogen-bond donors (Lipinski definition) is 1. The lowest BCUT2D eigenvalue weighted by Gasteiger charge is -2.06. The Morgan fingerprint density at radius 3 is 2.35 bits per heavy atom. The highest BCUT2D eigenvalue weighted by Gasteiger charge is 2.14. The van der Waals surface area contributed by atoms with Gasteiger partial charge in [-0.1, -0.05) is 11.6 Å². The van der Waals surface area contributed by atoms with Gasteiger partial charge in [0, 0.05) is 0 Å². The summed E-state index contributed by atoms with van der Waals surface area (Å²) < 4.78 is 26.3. The number of nitrogens with zero attached hydrogens (tertiary/aromatic N) is 3. The van der Waals surface area contributed by atoms with Gasteiger partial charge in [-0.25, -0.2) is 13.2 Å². The highest BCUT2D eigenvalue weighted by Crippen LogP contribution is 2.18. The van der Waals surface area contributed by atoms with Crippen LogP contribution in [0.2, 0.25) is 5.15 Å². The Balaban J connectivity index is 2.25. The van der Waals surface area contributed by atoms with Crippen LogP contribution in [0.3, 0.4) is 0 Å². The molecule has 2 rings (SSSR count). The molecule has 7 nitrogen and oxygen atoms in total. The molecule has 0 saturated heterocycles. The number of sulfonamides is 1. The zero-order valence-electron chi connectivity index (χ0n) is 9.82. The van der Waals surface area contributed by atoms with Gasteiger partial charge in [0.15, 0.2) is 11.0 Å². The number of hydrogen-bond acceptors (Lipinski definition) is 6. The standard InChI is InChI=1S/C11H7ClN4O3S/c12-10-5-6-11(15-14-10)16-20(18,19)9-3-1-8(2-4-9)13-7-17/h1-6H,(H,15,16). The quantitative estimate of drug-likeness (QED) is 0.686. The maximum Gasteiger partial charge on any atom is 0.263 e. The Hall–Kier alpha value is -2.28. The summed E-state index contributed by atoms with van der Waals surface area (Å²) in [5.41, 5.74) is 0.310. The maximum absolute atomic E-state index is 12.0. The summed E-state index contributed by atoms with van der Waals surface area (Å²) in [6.45, 7) is 0. The summed E-state index contributed by atoms with van der Waals surface area (Å²) in [6.07, 6.45) is 1.37. The Morgan fingerprint density at radius 1 is 1.10 bits per heavy atom. The largest absolute Gasteiger partial charge is 0.263 e. The Morgan fingerprint density at radius 2 is 1.80 bits per heavy atom. The summed E-state index contributed by atoms with van der Waals surface area (Å²) in [4.78, 5) is 13.4. The summed E-state index contributed by atoms with van der Waals surface area (Å²) in [5, 5.41) is 7.28. The first kappa shape index (κ1) is 14.1. The molecular weight excluding hydrogens is 304 g/mol. The lowest BCUT2D eigenvalue weighted by molar-refractivity contribution is 0.565. The van der Waals surface area contributed by atoms with Crippen LogP contribution in [0.4, 0.5) is 11.5 Å². The molecule has 0 aliphatic rings. The second-order valence-electron chi connectivity index (χ2n) is 3.54. The van der Waals surface area contributed by atoms with Gasteiger partial charge in [0.1, 0.15) is 0 Å². The number of isocyanates is 1. The van der Waals surface area contributed by atoms with Crippen molar-refractivity contribution in [3.63, 3.8) is 0 Å². The van der Waals surface area contributed by atoms with Gasteiger partial charge in [0.25, 0.3) is 10.0 Å². The fraction of sp³-hybridized carbons (Fsp3) is 0. The third-order valence-electron chi connectivity index (χ3n) is 2.19. The first-order valence-electron chi connectivity index (χ1n) is 5.21. The van der Waals surface area contributed by atoms with Gasteiger partial charge in [-0.2, -0.15) is 4.99 Å². The second-order valence-corrected chi connectivity index (χ2v) is 5.61. The molecule has 0 unspecified atom stereocenters. The van der Waals surface area contributed by atoms with Crippen molar-refractivity contribution in [3.8, 4) is 0 Å². The summed E-state index contributed by atoms with van der Waals surface area (Å²) in [7, 11) is -3.79. The van der Waals surface area contributed by atoms with Crippen LogP contribution in [0, 0.1) is 0 Å². The molecule has 1 heterocycles. The monoisotopic (exact) mass is 310 g/mol. The minimum Gasteiger partial charge on any atom is -0.262 e. The number of benzene rings is 1. The van der Waals surface area contributed by atoms with E-state index in [0.717, 1.165) is 0 Å². The van der Waals surface area contributed by atoms with E-state index in [-0.39, 0.29) is 15.9 Å². The predicted molar refractivity (Wildman–Crippen MR) is 72.1 cm³/mol. The van der Waals surface area contributed by atoms with Crippen molar-refractivity contribution < 1.29 is 13.2 Å². The average molecular weight is 311 g/mol. The normalized spacial score (nSPS) is 10.7. The molecule has 1 aromatic carbocycles. The predicted octanol–water partition coefficient (Wildman–Crippen LogP) is 1.90. The van der Waals surface area contributed by atoms with Crippen LogP contribution in [-0.4, -0.2) is 24.7 Å². The first-order chi connectivity index (χ1) is 9.51. The van der Waals surface area contributed by atoms with Crippen molar-refractivity contribution in [2.45, 2.75) is 4.90 Å². The molecule has 0 saturated carbocycles. The van der Waals surface area contributed by atoms with E-state index in [9.17, 15) is 13.2 Å². The summed E-state index contributed by atoms with van der Waals surface area (Å²) in [6, 6.07) is 8.18. The molecule has 0 bridgehead atoms. The minimum atomic E-state index is -3.79. The van der Waals surface area contributed by atoms with Crippen LogP contribution in [0.5, 0.6) is 0 Å². The summed E-state index contributed by atoms with van der Waals surface area (Å²) >= 11 is 5.55. The van der Waals surface area contributed by atoms with Crippen LogP contribution in [0.15, 0.2) is 46.3 Å². The number of aromatic nitrogens is 2. The highest BCUT2D eigenvalue weighted by molar-refractivity contribution is 7.92. The molecule has 2 aromatic rings. The Labute approximate surface area is 119 Å². The van der Waals surface area contributed by atoms with Crippen LogP contribution in [-0.2, 0) is 14.8 Å². The first-order valence-corrected chi connectivity index (χ1v) is 7.07. The van der Waals surface area contributed by atoms with E-state index >= 15 is 0 Å². The fourth-order valence-corrected chi connectivity index (χ4v) is 2.42. The number of nitrogens with one attached hydrogen (secondary N) is 1. The molecule has 0 spiro atoms. The molecule has 102 valence electrons. The smallest absolute Gasteiger partial charge is 0.262 e. The van der Waals surface area contributed by atoms with Crippen molar-refractivity contribution in [2.75, 3.05) is 4.72 Å². The van der Waals surface area contributed by atoms with Crippen LogP contribution >= 0.6 is 11.6 Å². The lowest BCUT2D eigenvalue weighted by atomic mass is 10.3. The Bertz CT molecular complexity index is 753. The molecular formula is C11H7ClN4O3S. The molecule has 20 heavy (non-hydrogen) atoms. The van der Waals surface area contributed by atoms with Crippen molar-refractivity contribution >= 4 is 39.2 Å². The molecule has 0 aliphatic heterocycles. The van der Waals surface area contributed by atoms with Crippen LogP contribution in [0.1, 0.15) is 0 Å². The third-order valence-corrected chi connectivity index (χ3v) is 3.76. The molecule has 0 atom stereocenters. The van der Waals surface area contributed by atoms with Gasteiger partial charge in [-0.15, -0.1) is 10.2 Å². The second kappa shape index (κ2) is 5.79. The molecule has 1 aromatic heterocycles. The zero-order valence-corrected chi connectivity index (χ0v) is 11.4. The van der Waals surface area contributed by atoms with E-state index in [1.165, 1.54) is 42.5 Å². The third kappa shape index (κ3) is 3.39. The molecule has 0 aliphatic carbocycles. The molecule has 0 radical (unpaired) electrons. The lowest BCUT2D eigenvalue weighted by Crippen LogP contribution is -2.14. The number of anilines is 1. The summed E-state index contributed by atoms with van der Waals surface area (Å²) in [5.74, 6) is 0.0457. The van der Waals surface area contributed by atoms with Crippen molar-refractivity contribution in [3.05, 3.63) is 41.6 Å². The van der Waals surface area contributed by atoms with Crippen LogP contribution < -0.4 is 4.72 Å². The van der Waals surface area contributed by atoms with Gasteiger partial charge in [0.05, 0.1) is 10.6 Å². The van der Waals surface area contributed by atoms with Gasteiger partial charge in [-0.3, -0.25) is 4.72 Å². The fourth-order valence-electron chi connectivity index (χ4n) is 1.32. The van der Waals surface area contributed by atoms with E-state index in [2.05, 4.69) is 19.9 Å². The van der Waals surface area contributed by atoms with E-state index in [1.807, 2.05) is 0 Å². The van der Waals surface area contributed by atoms with Crippen molar-refractivity contribution in [1.82, 2.24) is 10.2 Å². The zero-order chi connectivity index (χ0) is 14.6. The van der Waals surface area contributed by atoms with Gasteiger partial charge >= 0.3 is 0 Å². The van der Waals surface area contributed by atoms with E-state index in [4.69, 9.17) is 11.6 Å². The SMILES string of the molecule is O=C=Nc1ccc(S(=O)(=O)Nc2ccc(Cl)nn2)cc1. The number of aliphatic imine (C=N–C) groups is 1.